The van der Waals surface area contributed by atoms with E-state index in [0.29, 0.717) is 17.4 Å². The molecule has 0 heterocycles. The van der Waals surface area contributed by atoms with Crippen molar-refractivity contribution in [3.8, 4) is 11.5 Å². The molecule has 1 atom stereocenters. The molecule has 0 radical (unpaired) electrons. The van der Waals surface area contributed by atoms with Crippen LogP contribution in [0, 0.1) is 0 Å². The molecular weight excluding hydrogens is 402 g/mol. The Morgan fingerprint density at radius 2 is 1.31 bits per heavy atom. The number of nitrogens with one attached hydrogen (secondary N) is 1. The highest BCUT2D eigenvalue weighted by Crippen LogP contribution is 2.28. The first-order valence-corrected chi connectivity index (χ1v) is 10.7. The molecule has 0 aliphatic carbocycles. The second-order valence-electron chi connectivity index (χ2n) is 6.79. The number of thioether (sulfide) groups is 1. The molecule has 5 heteroatoms. The Balaban J connectivity index is 0.00000300. The monoisotopic (exact) mass is 429 g/mol. The smallest absolute Gasteiger partial charge is 0.115 e. The Kier molecular flexibility index (Phi) is 9.92. The van der Waals surface area contributed by atoms with E-state index in [4.69, 9.17) is 0 Å². The van der Waals surface area contributed by atoms with Gasteiger partial charge in [-0.15, -0.1) is 24.2 Å². The van der Waals surface area contributed by atoms with Gasteiger partial charge in [0.2, 0.25) is 0 Å². The van der Waals surface area contributed by atoms with Gasteiger partial charge in [0.25, 0.3) is 0 Å². The van der Waals surface area contributed by atoms with Crippen molar-refractivity contribution in [3.05, 3.63) is 90.0 Å². The van der Waals surface area contributed by atoms with Crippen LogP contribution in [0.3, 0.4) is 0 Å². The number of phenols is 2. The highest BCUT2D eigenvalue weighted by atomic mass is 35.5. The van der Waals surface area contributed by atoms with E-state index in [2.05, 4.69) is 29.6 Å². The van der Waals surface area contributed by atoms with Crippen molar-refractivity contribution < 1.29 is 10.2 Å². The second-order valence-corrected chi connectivity index (χ2v) is 7.96. The highest BCUT2D eigenvalue weighted by molar-refractivity contribution is 7.99. The molecule has 0 saturated carbocycles. The first-order chi connectivity index (χ1) is 13.7. The Bertz CT molecular complexity index is 826. The zero-order chi connectivity index (χ0) is 19.6. The molecule has 0 bridgehead atoms. The van der Waals surface area contributed by atoms with Crippen LogP contribution in [0.25, 0.3) is 0 Å². The molecule has 29 heavy (non-hydrogen) atoms. The molecule has 3 rings (SSSR count). The normalized spacial score (nSPS) is 11.6. The maximum atomic E-state index is 9.57. The lowest BCUT2D eigenvalue weighted by Crippen LogP contribution is -2.19. The van der Waals surface area contributed by atoms with Crippen molar-refractivity contribution in [1.29, 1.82) is 0 Å². The van der Waals surface area contributed by atoms with Crippen LogP contribution in [0.1, 0.15) is 29.9 Å². The minimum Gasteiger partial charge on any atom is -0.508 e. The summed E-state index contributed by atoms with van der Waals surface area (Å²) in [6, 6.07) is 25.5. The Morgan fingerprint density at radius 3 is 1.97 bits per heavy atom. The summed E-state index contributed by atoms with van der Waals surface area (Å²) in [7, 11) is 0. The highest BCUT2D eigenvalue weighted by Gasteiger charge is 2.13. The van der Waals surface area contributed by atoms with Crippen molar-refractivity contribution >= 4 is 24.2 Å². The molecule has 3 N–H and O–H groups in total. The standard InChI is InChI=1S/C24H27NO2S.ClH/c26-21-9-7-20(8-10-21)24(19-5-2-1-3-6-19)15-17-25-16-4-18-28-23-13-11-22(27)12-14-23;/h1-3,5-14,24-27H,4,15-18H2;1H. The fourth-order valence-corrected chi connectivity index (χ4v) is 4.07. The average Bonchev–Trinajstić information content (AvgIpc) is 2.73. The minimum absolute atomic E-state index is 0. The van der Waals surface area contributed by atoms with Crippen molar-refractivity contribution in [2.75, 3.05) is 18.8 Å². The molecule has 0 saturated heterocycles. The summed E-state index contributed by atoms with van der Waals surface area (Å²) >= 11 is 1.81. The molecule has 0 spiro atoms. The van der Waals surface area contributed by atoms with E-state index in [0.717, 1.165) is 31.7 Å². The molecule has 3 nitrogen and oxygen atoms in total. The number of hydrogen-bond donors (Lipinski definition) is 3. The second kappa shape index (κ2) is 12.4. The van der Waals surface area contributed by atoms with E-state index in [9.17, 15) is 10.2 Å². The van der Waals surface area contributed by atoms with E-state index < -0.39 is 0 Å². The minimum atomic E-state index is 0. The van der Waals surface area contributed by atoms with Gasteiger partial charge in [0.05, 0.1) is 0 Å². The molecule has 0 aromatic heterocycles. The van der Waals surface area contributed by atoms with E-state index >= 15 is 0 Å². The van der Waals surface area contributed by atoms with Crippen LogP contribution < -0.4 is 5.32 Å². The summed E-state index contributed by atoms with van der Waals surface area (Å²) in [5.41, 5.74) is 2.53. The first-order valence-electron chi connectivity index (χ1n) is 9.69. The number of halogens is 1. The van der Waals surface area contributed by atoms with Crippen LogP contribution in [0.2, 0.25) is 0 Å². The van der Waals surface area contributed by atoms with Crippen LogP contribution in [-0.2, 0) is 0 Å². The summed E-state index contributed by atoms with van der Waals surface area (Å²) in [6.07, 6.45) is 2.11. The van der Waals surface area contributed by atoms with Crippen molar-refractivity contribution in [1.82, 2.24) is 5.32 Å². The lowest BCUT2D eigenvalue weighted by atomic mass is 9.88. The maximum Gasteiger partial charge on any atom is 0.115 e. The van der Waals surface area contributed by atoms with E-state index in [1.54, 1.807) is 24.3 Å². The van der Waals surface area contributed by atoms with Gasteiger partial charge in [-0.2, -0.15) is 0 Å². The molecule has 0 amide bonds. The molecule has 3 aromatic rings. The van der Waals surface area contributed by atoms with Crippen LogP contribution in [-0.4, -0.2) is 29.1 Å². The summed E-state index contributed by atoms with van der Waals surface area (Å²) < 4.78 is 0. The lowest BCUT2D eigenvalue weighted by molar-refractivity contribution is 0.474. The van der Waals surface area contributed by atoms with Crippen LogP contribution in [0.5, 0.6) is 11.5 Å². The number of rotatable bonds is 10. The summed E-state index contributed by atoms with van der Waals surface area (Å²) in [4.78, 5) is 1.19. The number of aromatic hydroxyl groups is 2. The summed E-state index contributed by atoms with van der Waals surface area (Å²) in [6.45, 7) is 1.94. The van der Waals surface area contributed by atoms with Gasteiger partial charge in [-0.3, -0.25) is 0 Å². The molecule has 0 fully saturated rings. The van der Waals surface area contributed by atoms with Crippen LogP contribution in [0.4, 0.5) is 0 Å². The van der Waals surface area contributed by atoms with Gasteiger partial charge in [0.1, 0.15) is 11.5 Å². The van der Waals surface area contributed by atoms with Crippen molar-refractivity contribution in [3.63, 3.8) is 0 Å². The topological polar surface area (TPSA) is 52.5 Å². The van der Waals surface area contributed by atoms with Crippen LogP contribution in [0.15, 0.2) is 83.8 Å². The molecular formula is C24H28ClNO2S. The fourth-order valence-electron chi connectivity index (χ4n) is 3.22. The van der Waals surface area contributed by atoms with Crippen molar-refractivity contribution in [2.24, 2.45) is 0 Å². The Hall–Kier alpha value is -2.14. The maximum absolute atomic E-state index is 9.57. The third-order valence-corrected chi connectivity index (χ3v) is 5.81. The number of benzene rings is 3. The third-order valence-electron chi connectivity index (χ3n) is 4.71. The largest absolute Gasteiger partial charge is 0.508 e. The van der Waals surface area contributed by atoms with Gasteiger partial charge in [0.15, 0.2) is 0 Å². The number of hydrogen-bond acceptors (Lipinski definition) is 4. The molecule has 0 aliphatic heterocycles. The first kappa shape index (κ1) is 23.1. The summed E-state index contributed by atoms with van der Waals surface area (Å²) in [5.74, 6) is 1.99. The molecule has 154 valence electrons. The average molecular weight is 430 g/mol. The lowest BCUT2D eigenvalue weighted by Gasteiger charge is -2.18. The quantitative estimate of drug-likeness (QED) is 0.281. The SMILES string of the molecule is Cl.Oc1ccc(SCCCNCCC(c2ccccc2)c2ccc(O)cc2)cc1. The Morgan fingerprint density at radius 1 is 0.724 bits per heavy atom. The van der Waals surface area contributed by atoms with Gasteiger partial charge in [-0.05, 0) is 79.2 Å². The molecule has 1 unspecified atom stereocenters. The molecule has 0 aliphatic rings. The third kappa shape index (κ3) is 7.65. The predicted octanol–water partition coefficient (Wildman–Crippen LogP) is 5.81. The Labute approximate surface area is 183 Å². The zero-order valence-corrected chi connectivity index (χ0v) is 18.0. The van der Waals surface area contributed by atoms with E-state index in [-0.39, 0.29) is 12.4 Å². The van der Waals surface area contributed by atoms with Gasteiger partial charge in [-0.1, -0.05) is 42.5 Å². The molecule has 3 aromatic carbocycles. The van der Waals surface area contributed by atoms with Crippen LogP contribution >= 0.6 is 24.2 Å². The predicted molar refractivity (Wildman–Crippen MR) is 125 cm³/mol. The number of phenolic OH excluding ortho intramolecular Hbond substituents is 2. The fraction of sp³-hybridized carbons (Fsp3) is 0.250. The zero-order valence-electron chi connectivity index (χ0n) is 16.3. The van der Waals surface area contributed by atoms with Gasteiger partial charge < -0.3 is 15.5 Å². The van der Waals surface area contributed by atoms with Gasteiger partial charge in [-0.25, -0.2) is 0 Å². The summed E-state index contributed by atoms with van der Waals surface area (Å²) in [5, 5.41) is 22.5. The van der Waals surface area contributed by atoms with E-state index in [1.165, 1.54) is 16.0 Å². The van der Waals surface area contributed by atoms with Gasteiger partial charge in [0, 0.05) is 10.8 Å². The van der Waals surface area contributed by atoms with E-state index in [1.807, 2.05) is 42.1 Å². The van der Waals surface area contributed by atoms with Gasteiger partial charge >= 0.3 is 0 Å². The van der Waals surface area contributed by atoms with Crippen molar-refractivity contribution in [2.45, 2.75) is 23.7 Å².